The summed E-state index contributed by atoms with van der Waals surface area (Å²) >= 11 is 0. The van der Waals surface area contributed by atoms with E-state index < -0.39 is 11.5 Å². The maximum atomic E-state index is 12.4. The zero-order chi connectivity index (χ0) is 23.2. The van der Waals surface area contributed by atoms with Crippen LogP contribution in [0.5, 0.6) is 0 Å². The van der Waals surface area contributed by atoms with E-state index in [0.29, 0.717) is 35.3 Å². The number of likely N-dealkylation sites (tertiary alicyclic amines) is 1. The van der Waals surface area contributed by atoms with Crippen molar-refractivity contribution in [1.29, 1.82) is 0 Å². The predicted molar refractivity (Wildman–Crippen MR) is 118 cm³/mol. The third-order valence-electron chi connectivity index (χ3n) is 5.84. The number of pyridine rings is 1. The molecule has 4 aromatic heterocycles. The number of hydrogen-bond acceptors (Lipinski definition) is 9. The summed E-state index contributed by atoms with van der Waals surface area (Å²) in [4.78, 5) is 27.3. The highest BCUT2D eigenvalue weighted by molar-refractivity contribution is 5.88. The Hall–Kier alpha value is -4.12. The second kappa shape index (κ2) is 7.78. The summed E-state index contributed by atoms with van der Waals surface area (Å²) in [6, 6.07) is 8.73. The zero-order valence-electron chi connectivity index (χ0n) is 18.3. The molecular formula is C22H22N8O3. The van der Waals surface area contributed by atoms with Crippen molar-refractivity contribution in [2.45, 2.75) is 18.9 Å². The molecule has 1 amide bonds. The van der Waals surface area contributed by atoms with Gasteiger partial charge < -0.3 is 19.8 Å². The normalized spacial score (nSPS) is 18.2. The molecule has 1 fully saturated rings. The molecule has 1 saturated heterocycles. The van der Waals surface area contributed by atoms with Gasteiger partial charge in [0, 0.05) is 39.3 Å². The largest absolute Gasteiger partial charge is 0.374 e. The number of rotatable bonds is 5. The van der Waals surface area contributed by atoms with E-state index in [0.717, 1.165) is 11.4 Å². The Morgan fingerprint density at radius 3 is 2.67 bits per heavy atom. The minimum Gasteiger partial charge on any atom is -0.374 e. The van der Waals surface area contributed by atoms with Crippen LogP contribution in [-0.4, -0.2) is 59.4 Å². The maximum absolute atomic E-state index is 12.4. The van der Waals surface area contributed by atoms with Gasteiger partial charge in [0.25, 0.3) is 5.91 Å². The van der Waals surface area contributed by atoms with E-state index in [-0.39, 0.29) is 12.1 Å². The van der Waals surface area contributed by atoms with E-state index in [1.54, 1.807) is 42.3 Å². The van der Waals surface area contributed by atoms with Crippen molar-refractivity contribution < 1.29 is 14.4 Å². The summed E-state index contributed by atoms with van der Waals surface area (Å²) in [5.74, 6) is 0.374. The van der Waals surface area contributed by atoms with Crippen LogP contribution in [0.1, 0.15) is 17.8 Å². The Morgan fingerprint density at radius 2 is 1.94 bits per heavy atom. The predicted octanol–water partition coefficient (Wildman–Crippen LogP) is 2.03. The first kappa shape index (κ1) is 20.8. The number of aryl methyl sites for hydroxylation is 1. The quantitative estimate of drug-likeness (QED) is 0.472. The van der Waals surface area contributed by atoms with Crippen LogP contribution in [0, 0.1) is 6.92 Å². The molecule has 0 aromatic carbocycles. The highest BCUT2D eigenvalue weighted by Crippen LogP contribution is 2.34. The van der Waals surface area contributed by atoms with Crippen molar-refractivity contribution in [3.05, 3.63) is 54.1 Å². The van der Waals surface area contributed by atoms with Gasteiger partial charge in [-0.05, 0) is 25.1 Å². The minimum absolute atomic E-state index is 0.180. The molecule has 2 N–H and O–H groups in total. The number of aliphatic hydroxyl groups is 1. The van der Waals surface area contributed by atoms with Gasteiger partial charge in [-0.1, -0.05) is 11.2 Å². The highest BCUT2D eigenvalue weighted by Gasteiger charge is 2.47. The Balaban J connectivity index is 1.42. The molecule has 11 nitrogen and oxygen atoms in total. The lowest BCUT2D eigenvalue weighted by Gasteiger charge is -2.16. The van der Waals surface area contributed by atoms with E-state index in [2.05, 4.69) is 30.5 Å². The van der Waals surface area contributed by atoms with Gasteiger partial charge in [-0.2, -0.15) is 5.10 Å². The maximum Gasteiger partial charge on any atom is 0.260 e. The number of anilines is 2. The third-order valence-corrected chi connectivity index (χ3v) is 5.84. The number of carbonyl (C=O) groups excluding carboxylic acids is 1. The highest BCUT2D eigenvalue weighted by atomic mass is 16.5. The van der Waals surface area contributed by atoms with Gasteiger partial charge in [-0.25, -0.2) is 15.0 Å². The van der Waals surface area contributed by atoms with Crippen LogP contribution in [0.15, 0.2) is 47.2 Å². The first-order valence-electron chi connectivity index (χ1n) is 10.4. The number of nitrogens with zero attached hydrogens (tertiary/aromatic N) is 7. The molecule has 0 spiro atoms. The molecule has 1 aliphatic heterocycles. The molecule has 0 unspecified atom stereocenters. The summed E-state index contributed by atoms with van der Waals surface area (Å²) in [6.07, 6.45) is 3.62. The second-order valence-electron chi connectivity index (χ2n) is 7.98. The van der Waals surface area contributed by atoms with Gasteiger partial charge in [-0.3, -0.25) is 9.48 Å². The minimum atomic E-state index is -1.67. The Kier molecular flexibility index (Phi) is 4.90. The van der Waals surface area contributed by atoms with E-state index in [9.17, 15) is 9.90 Å². The van der Waals surface area contributed by atoms with Crippen molar-refractivity contribution in [2.24, 2.45) is 7.05 Å². The van der Waals surface area contributed by atoms with Gasteiger partial charge in [0.15, 0.2) is 11.4 Å². The molecule has 1 aliphatic rings. The van der Waals surface area contributed by atoms with Crippen LogP contribution >= 0.6 is 0 Å². The van der Waals surface area contributed by atoms with Crippen LogP contribution in [0.3, 0.4) is 0 Å². The fourth-order valence-electron chi connectivity index (χ4n) is 3.70. The Morgan fingerprint density at radius 1 is 1.15 bits per heavy atom. The molecule has 4 aromatic rings. The van der Waals surface area contributed by atoms with Gasteiger partial charge in [0.1, 0.15) is 11.4 Å². The average molecular weight is 446 g/mol. The van der Waals surface area contributed by atoms with Crippen molar-refractivity contribution in [2.75, 3.05) is 18.9 Å². The molecule has 0 aliphatic carbocycles. The monoisotopic (exact) mass is 446 g/mol. The summed E-state index contributed by atoms with van der Waals surface area (Å²) < 4.78 is 7.18. The first-order chi connectivity index (χ1) is 15.8. The van der Waals surface area contributed by atoms with Crippen LogP contribution in [0.2, 0.25) is 0 Å². The molecule has 5 heterocycles. The lowest BCUT2D eigenvalue weighted by Crippen LogP contribution is -2.36. The van der Waals surface area contributed by atoms with Crippen molar-refractivity contribution in [3.63, 3.8) is 0 Å². The van der Waals surface area contributed by atoms with E-state index in [1.807, 2.05) is 26.1 Å². The zero-order valence-corrected chi connectivity index (χ0v) is 18.3. The third kappa shape index (κ3) is 3.61. The molecule has 0 radical (unpaired) electrons. The molecule has 1 atom stereocenters. The van der Waals surface area contributed by atoms with E-state index in [1.165, 1.54) is 4.90 Å². The molecule has 11 heteroatoms. The van der Waals surface area contributed by atoms with Gasteiger partial charge >= 0.3 is 0 Å². The van der Waals surface area contributed by atoms with Crippen LogP contribution in [0.25, 0.3) is 22.8 Å². The van der Waals surface area contributed by atoms with E-state index >= 15 is 0 Å². The number of likely N-dealkylation sites (N-methyl/N-ethyl adjacent to an activating group) is 1. The van der Waals surface area contributed by atoms with Crippen molar-refractivity contribution >= 4 is 17.5 Å². The molecule has 0 saturated carbocycles. The van der Waals surface area contributed by atoms with E-state index in [4.69, 9.17) is 4.52 Å². The standard InChI is InChI=1S/C22H22N8O3/c1-13-17(12-24-30(13)3)27-21-23-9-7-15(26-21)14-5-4-6-16(25-14)18-11-19(28-33-18)22(32)8-10-29(2)20(22)31/h4-7,9,11-12,32H,8,10H2,1-3H3,(H,23,26,27)/t22-/m1/s1. The fraction of sp³-hybridized carbons (Fsp3) is 0.273. The number of nitrogens with one attached hydrogen (secondary N) is 1. The molecule has 5 rings (SSSR count). The molecule has 0 bridgehead atoms. The SMILES string of the molecule is Cc1c(Nc2nccc(-c3cccc(-c4cc([C@]5(O)CCN(C)C5=O)no4)n3)n2)cnn1C. The topological polar surface area (TPSA) is 135 Å². The fourth-order valence-corrected chi connectivity index (χ4v) is 3.70. The smallest absolute Gasteiger partial charge is 0.260 e. The average Bonchev–Trinajstić information content (AvgIpc) is 3.52. The lowest BCUT2D eigenvalue weighted by molar-refractivity contribution is -0.143. The first-order valence-corrected chi connectivity index (χ1v) is 10.4. The van der Waals surface area contributed by atoms with Crippen LogP contribution in [-0.2, 0) is 17.4 Å². The number of hydrogen-bond donors (Lipinski definition) is 2. The summed E-state index contributed by atoms with van der Waals surface area (Å²) in [5.41, 5.74) is 2.00. The van der Waals surface area contributed by atoms with Crippen molar-refractivity contribution in [1.82, 2.24) is 34.8 Å². The number of amides is 1. The number of carbonyl (C=O) groups is 1. The van der Waals surface area contributed by atoms with Gasteiger partial charge in [0.05, 0.1) is 29.0 Å². The van der Waals surface area contributed by atoms with Crippen LogP contribution in [0.4, 0.5) is 11.6 Å². The lowest BCUT2D eigenvalue weighted by atomic mass is 9.97. The molecular weight excluding hydrogens is 424 g/mol. The van der Waals surface area contributed by atoms with Gasteiger partial charge in [0.2, 0.25) is 5.95 Å². The number of aromatic nitrogens is 6. The Labute approximate surface area is 189 Å². The Bertz CT molecular complexity index is 1350. The van der Waals surface area contributed by atoms with Crippen LogP contribution < -0.4 is 5.32 Å². The van der Waals surface area contributed by atoms with Gasteiger partial charge in [-0.15, -0.1) is 0 Å². The molecule has 168 valence electrons. The summed E-state index contributed by atoms with van der Waals surface area (Å²) in [6.45, 7) is 2.40. The molecule has 33 heavy (non-hydrogen) atoms. The summed E-state index contributed by atoms with van der Waals surface area (Å²) in [5, 5.41) is 22.1. The second-order valence-corrected chi connectivity index (χ2v) is 7.98. The van der Waals surface area contributed by atoms with Crippen molar-refractivity contribution in [3.8, 4) is 22.8 Å². The summed E-state index contributed by atoms with van der Waals surface area (Å²) in [7, 11) is 3.51.